The summed E-state index contributed by atoms with van der Waals surface area (Å²) in [7, 11) is 2.92. The second kappa shape index (κ2) is 9.26. The number of ether oxygens (including phenoxy) is 2. The molecule has 0 bridgehead atoms. The lowest BCUT2D eigenvalue weighted by atomic mass is 10.0. The van der Waals surface area contributed by atoms with Crippen molar-refractivity contribution >= 4 is 47.4 Å². The van der Waals surface area contributed by atoms with Crippen molar-refractivity contribution in [2.45, 2.75) is 6.04 Å². The van der Waals surface area contributed by atoms with E-state index in [0.717, 1.165) is 22.2 Å². The number of halogens is 3. The maximum atomic E-state index is 13.8. The van der Waals surface area contributed by atoms with Crippen molar-refractivity contribution in [3.05, 3.63) is 54.1 Å². The minimum Gasteiger partial charge on any atom is -0.496 e. The first kappa shape index (κ1) is 22.7. The molecule has 3 aromatic rings. The van der Waals surface area contributed by atoms with Crippen molar-refractivity contribution in [1.82, 2.24) is 15.3 Å². The molecule has 3 heterocycles. The Hall–Kier alpha value is -2.61. The highest BCUT2D eigenvalue weighted by atomic mass is 35.5. The quantitative estimate of drug-likeness (QED) is 0.605. The van der Waals surface area contributed by atoms with Crippen LogP contribution < -0.4 is 10.1 Å². The molecule has 1 aliphatic rings. The lowest BCUT2D eigenvalue weighted by molar-refractivity contribution is -0.141. The molecule has 154 valence electrons. The van der Waals surface area contributed by atoms with Crippen molar-refractivity contribution in [3.8, 4) is 16.9 Å². The maximum Gasteiger partial charge on any atom is 0.326 e. The number of carbonyl (C=O) groups excluding carboxylic acids is 1. The SMILES string of the molecule is COC(=O)C1C=C(c2cc3c(-c4cc(F)ccc4OC)ccnc3[nH]2)CN1.Cl.Cl. The maximum absolute atomic E-state index is 13.8. The highest BCUT2D eigenvalue weighted by Gasteiger charge is 2.24. The van der Waals surface area contributed by atoms with E-state index in [4.69, 9.17) is 9.47 Å². The number of benzene rings is 1. The molecule has 9 heteroatoms. The molecular formula is C20H20Cl2FN3O3. The molecule has 0 fully saturated rings. The first-order chi connectivity index (χ1) is 13.1. The number of aromatic nitrogens is 2. The van der Waals surface area contributed by atoms with Gasteiger partial charge in [-0.1, -0.05) is 0 Å². The summed E-state index contributed by atoms with van der Waals surface area (Å²) in [6.07, 6.45) is 3.50. The van der Waals surface area contributed by atoms with Gasteiger partial charge in [0.05, 0.1) is 14.2 Å². The fourth-order valence-electron chi connectivity index (χ4n) is 3.33. The Morgan fingerprint density at radius 2 is 1.97 bits per heavy atom. The number of hydrogen-bond donors (Lipinski definition) is 2. The summed E-state index contributed by atoms with van der Waals surface area (Å²) in [6, 6.07) is 7.74. The van der Waals surface area contributed by atoms with E-state index in [1.165, 1.54) is 19.2 Å². The number of fused-ring (bicyclic) bond motifs is 1. The molecular weight excluding hydrogens is 420 g/mol. The number of aromatic amines is 1. The van der Waals surface area contributed by atoms with Gasteiger partial charge in [-0.2, -0.15) is 0 Å². The molecule has 0 spiro atoms. The van der Waals surface area contributed by atoms with Crippen LogP contribution in [0.25, 0.3) is 27.7 Å². The topological polar surface area (TPSA) is 76.2 Å². The van der Waals surface area contributed by atoms with E-state index in [2.05, 4.69) is 15.3 Å². The predicted octanol–water partition coefficient (Wildman–Crippen LogP) is 3.75. The standard InChI is InChI=1S/C20H18FN3O3.2ClH/c1-26-18-4-3-12(21)8-14(18)13-5-6-22-19-15(13)9-16(24-19)11-7-17(23-10-11)20(25)27-2;;/h3-9,17,23H,10H2,1-2H3,(H,22,24);2*1H. The molecule has 1 aliphatic heterocycles. The Balaban J connectivity index is 0.00000150. The van der Waals surface area contributed by atoms with Crippen LogP contribution in [0.5, 0.6) is 5.75 Å². The molecule has 4 rings (SSSR count). The first-order valence-corrected chi connectivity index (χ1v) is 8.44. The summed E-state index contributed by atoms with van der Waals surface area (Å²) >= 11 is 0. The smallest absolute Gasteiger partial charge is 0.326 e. The summed E-state index contributed by atoms with van der Waals surface area (Å²) in [4.78, 5) is 19.4. The zero-order valence-corrected chi connectivity index (χ0v) is 17.3. The third kappa shape index (κ3) is 4.22. The largest absolute Gasteiger partial charge is 0.496 e. The van der Waals surface area contributed by atoms with E-state index in [-0.39, 0.29) is 36.6 Å². The lowest BCUT2D eigenvalue weighted by Gasteiger charge is -2.09. The van der Waals surface area contributed by atoms with E-state index in [9.17, 15) is 9.18 Å². The molecule has 2 N–H and O–H groups in total. The molecule has 29 heavy (non-hydrogen) atoms. The van der Waals surface area contributed by atoms with E-state index in [1.807, 2.05) is 18.2 Å². The van der Waals surface area contributed by atoms with E-state index in [1.54, 1.807) is 19.4 Å². The second-order valence-corrected chi connectivity index (χ2v) is 6.22. The number of H-pyrrole nitrogens is 1. The normalized spacial score (nSPS) is 15.3. The molecule has 0 saturated carbocycles. The zero-order valence-electron chi connectivity index (χ0n) is 15.7. The number of pyridine rings is 1. The predicted molar refractivity (Wildman–Crippen MR) is 114 cm³/mol. The van der Waals surface area contributed by atoms with Crippen molar-refractivity contribution in [1.29, 1.82) is 0 Å². The number of rotatable bonds is 4. The van der Waals surface area contributed by atoms with Crippen LogP contribution in [0, 0.1) is 5.82 Å². The Labute approximate surface area is 179 Å². The summed E-state index contributed by atoms with van der Waals surface area (Å²) in [5.41, 5.74) is 3.94. The fourth-order valence-corrected chi connectivity index (χ4v) is 3.33. The number of nitrogens with one attached hydrogen (secondary N) is 2. The summed E-state index contributed by atoms with van der Waals surface area (Å²) in [5, 5.41) is 3.94. The van der Waals surface area contributed by atoms with Gasteiger partial charge in [-0.3, -0.25) is 10.1 Å². The van der Waals surface area contributed by atoms with Crippen LogP contribution in [0.4, 0.5) is 4.39 Å². The Bertz CT molecular complexity index is 1070. The zero-order chi connectivity index (χ0) is 19.0. The van der Waals surface area contributed by atoms with Crippen molar-refractivity contribution in [3.63, 3.8) is 0 Å². The van der Waals surface area contributed by atoms with Gasteiger partial charge in [0.2, 0.25) is 0 Å². The third-order valence-electron chi connectivity index (χ3n) is 4.66. The molecule has 0 saturated heterocycles. The molecule has 2 aromatic heterocycles. The van der Waals surface area contributed by atoms with Crippen LogP contribution in [0.2, 0.25) is 0 Å². The Kier molecular flexibility index (Phi) is 7.24. The number of carbonyl (C=O) groups is 1. The van der Waals surface area contributed by atoms with Gasteiger partial charge in [0.25, 0.3) is 0 Å². The van der Waals surface area contributed by atoms with Crippen molar-refractivity contribution in [2.24, 2.45) is 0 Å². The van der Waals surface area contributed by atoms with E-state index >= 15 is 0 Å². The molecule has 0 amide bonds. The van der Waals surface area contributed by atoms with Crippen molar-refractivity contribution < 1.29 is 18.7 Å². The molecule has 1 unspecified atom stereocenters. The third-order valence-corrected chi connectivity index (χ3v) is 4.66. The average Bonchev–Trinajstić information content (AvgIpc) is 3.33. The number of nitrogens with zero attached hydrogens (tertiary/aromatic N) is 1. The Morgan fingerprint density at radius 3 is 2.69 bits per heavy atom. The van der Waals surface area contributed by atoms with Crippen LogP contribution in [-0.2, 0) is 9.53 Å². The van der Waals surface area contributed by atoms with Gasteiger partial charge in [0.1, 0.15) is 23.3 Å². The van der Waals surface area contributed by atoms with Crippen LogP contribution in [0.3, 0.4) is 0 Å². The number of hydrogen-bond acceptors (Lipinski definition) is 5. The van der Waals surface area contributed by atoms with Gasteiger partial charge >= 0.3 is 5.97 Å². The van der Waals surface area contributed by atoms with Gasteiger partial charge in [0.15, 0.2) is 0 Å². The summed E-state index contributed by atoms with van der Waals surface area (Å²) in [6.45, 7) is 0.533. The Morgan fingerprint density at radius 1 is 1.17 bits per heavy atom. The minimum atomic E-state index is -0.466. The summed E-state index contributed by atoms with van der Waals surface area (Å²) in [5.74, 6) is -0.0845. The number of methoxy groups -OCH3 is 2. The van der Waals surface area contributed by atoms with Gasteiger partial charge in [-0.15, -0.1) is 24.8 Å². The van der Waals surface area contributed by atoms with E-state index in [0.29, 0.717) is 23.5 Å². The van der Waals surface area contributed by atoms with Crippen molar-refractivity contribution in [2.75, 3.05) is 20.8 Å². The van der Waals surface area contributed by atoms with Crippen LogP contribution in [-0.4, -0.2) is 42.7 Å². The van der Waals surface area contributed by atoms with Gasteiger partial charge in [-0.05, 0) is 47.5 Å². The highest BCUT2D eigenvalue weighted by molar-refractivity contribution is 5.97. The lowest BCUT2D eigenvalue weighted by Crippen LogP contribution is -2.31. The number of esters is 1. The molecule has 1 atom stereocenters. The molecule has 6 nitrogen and oxygen atoms in total. The second-order valence-electron chi connectivity index (χ2n) is 6.22. The van der Waals surface area contributed by atoms with Gasteiger partial charge in [-0.25, -0.2) is 9.37 Å². The molecule has 0 aliphatic carbocycles. The summed E-state index contributed by atoms with van der Waals surface area (Å²) < 4.78 is 24.0. The van der Waals surface area contributed by atoms with E-state index < -0.39 is 6.04 Å². The average molecular weight is 440 g/mol. The van der Waals surface area contributed by atoms with Crippen LogP contribution >= 0.6 is 24.8 Å². The first-order valence-electron chi connectivity index (χ1n) is 8.44. The van der Waals surface area contributed by atoms with Crippen LogP contribution in [0.15, 0.2) is 42.6 Å². The monoisotopic (exact) mass is 439 g/mol. The molecule has 1 aromatic carbocycles. The minimum absolute atomic E-state index is 0. The fraction of sp³-hybridized carbons (Fsp3) is 0.200. The molecule has 0 radical (unpaired) electrons. The van der Waals surface area contributed by atoms with Gasteiger partial charge in [0, 0.05) is 29.4 Å². The van der Waals surface area contributed by atoms with Gasteiger partial charge < -0.3 is 14.5 Å². The highest BCUT2D eigenvalue weighted by Crippen LogP contribution is 2.36. The van der Waals surface area contributed by atoms with Crippen LogP contribution in [0.1, 0.15) is 5.69 Å².